The molecule has 3 aromatic rings. The number of hydrazone groups is 1. The van der Waals surface area contributed by atoms with Gasteiger partial charge < -0.3 is 4.74 Å². The summed E-state index contributed by atoms with van der Waals surface area (Å²) in [4.78, 5) is 4.43. The van der Waals surface area contributed by atoms with E-state index in [9.17, 15) is 0 Å². The van der Waals surface area contributed by atoms with Crippen LogP contribution in [0, 0.1) is 0 Å². The SMILES string of the molecule is C/C=C/C(N=Nc1nc2ccccc2s1)=NNc1ccc(OC)cc1. The fourth-order valence-electron chi connectivity index (χ4n) is 2.03. The van der Waals surface area contributed by atoms with E-state index in [1.165, 1.54) is 11.3 Å². The monoisotopic (exact) mass is 351 g/mol. The second-order valence-electron chi connectivity index (χ2n) is 4.97. The van der Waals surface area contributed by atoms with E-state index in [1.807, 2.05) is 61.5 Å². The van der Waals surface area contributed by atoms with E-state index in [0.717, 1.165) is 21.7 Å². The molecule has 0 fully saturated rings. The number of para-hydroxylation sites is 1. The molecule has 126 valence electrons. The highest BCUT2D eigenvalue weighted by atomic mass is 32.1. The van der Waals surface area contributed by atoms with Gasteiger partial charge in [0.2, 0.25) is 5.13 Å². The molecule has 0 saturated carbocycles. The average molecular weight is 351 g/mol. The number of methoxy groups -OCH3 is 1. The number of nitrogens with one attached hydrogen (secondary N) is 1. The van der Waals surface area contributed by atoms with Crippen molar-refractivity contribution in [2.45, 2.75) is 6.92 Å². The lowest BCUT2D eigenvalue weighted by molar-refractivity contribution is 0.415. The Labute approximate surface area is 149 Å². The number of aromatic nitrogens is 1. The minimum Gasteiger partial charge on any atom is -0.497 e. The summed E-state index contributed by atoms with van der Waals surface area (Å²) in [6.07, 6.45) is 3.62. The molecule has 0 bridgehead atoms. The summed E-state index contributed by atoms with van der Waals surface area (Å²) in [6, 6.07) is 15.4. The maximum atomic E-state index is 5.13. The molecule has 6 nitrogen and oxygen atoms in total. The zero-order valence-electron chi connectivity index (χ0n) is 13.9. The molecule has 2 aromatic carbocycles. The number of benzene rings is 2. The topological polar surface area (TPSA) is 71.2 Å². The first-order valence-electron chi connectivity index (χ1n) is 7.66. The summed E-state index contributed by atoms with van der Waals surface area (Å²) in [5.74, 6) is 1.25. The fraction of sp³-hybridized carbons (Fsp3) is 0.111. The minimum atomic E-state index is 0.456. The Balaban J connectivity index is 1.75. The van der Waals surface area contributed by atoms with Crippen LogP contribution in [0.1, 0.15) is 6.92 Å². The van der Waals surface area contributed by atoms with Gasteiger partial charge in [-0.1, -0.05) is 29.5 Å². The number of thiazole rings is 1. The van der Waals surface area contributed by atoms with Crippen LogP contribution in [0.2, 0.25) is 0 Å². The Morgan fingerprint density at radius 3 is 2.68 bits per heavy atom. The summed E-state index contributed by atoms with van der Waals surface area (Å²) in [7, 11) is 1.63. The van der Waals surface area contributed by atoms with Crippen LogP contribution in [0.5, 0.6) is 5.75 Å². The first-order chi connectivity index (χ1) is 12.3. The molecule has 0 aliphatic heterocycles. The molecule has 25 heavy (non-hydrogen) atoms. The first kappa shape index (κ1) is 16.8. The van der Waals surface area contributed by atoms with Gasteiger partial charge in [-0.25, -0.2) is 4.98 Å². The van der Waals surface area contributed by atoms with Gasteiger partial charge in [0.05, 0.1) is 23.0 Å². The minimum absolute atomic E-state index is 0.456. The van der Waals surface area contributed by atoms with Gasteiger partial charge in [-0.05, 0) is 49.4 Å². The second-order valence-corrected chi connectivity index (χ2v) is 5.98. The molecule has 1 aromatic heterocycles. The molecule has 0 unspecified atom stereocenters. The van der Waals surface area contributed by atoms with Crippen molar-refractivity contribution in [2.24, 2.45) is 15.3 Å². The summed E-state index contributed by atoms with van der Waals surface area (Å²) >= 11 is 1.49. The molecule has 1 heterocycles. The first-order valence-corrected chi connectivity index (χ1v) is 8.48. The number of fused-ring (bicyclic) bond motifs is 1. The van der Waals surface area contributed by atoms with Crippen LogP contribution in [0.25, 0.3) is 10.2 Å². The van der Waals surface area contributed by atoms with Crippen LogP contribution in [-0.4, -0.2) is 17.9 Å². The van der Waals surface area contributed by atoms with Crippen LogP contribution >= 0.6 is 11.3 Å². The molecule has 0 aliphatic rings. The van der Waals surface area contributed by atoms with Crippen LogP contribution in [0.15, 0.2) is 76.0 Å². The molecular formula is C18H17N5OS. The Hall–Kier alpha value is -3.06. The number of hydrogen-bond donors (Lipinski definition) is 1. The van der Waals surface area contributed by atoms with Gasteiger partial charge in [0.25, 0.3) is 0 Å². The van der Waals surface area contributed by atoms with E-state index in [4.69, 9.17) is 4.74 Å². The van der Waals surface area contributed by atoms with Gasteiger partial charge in [0, 0.05) is 0 Å². The van der Waals surface area contributed by atoms with Crippen molar-refractivity contribution in [2.75, 3.05) is 12.5 Å². The van der Waals surface area contributed by atoms with E-state index in [2.05, 4.69) is 25.7 Å². The molecule has 0 aliphatic carbocycles. The van der Waals surface area contributed by atoms with Gasteiger partial charge in [-0.2, -0.15) is 5.10 Å². The average Bonchev–Trinajstić information content (AvgIpc) is 3.07. The molecule has 0 spiro atoms. The van der Waals surface area contributed by atoms with Crippen LogP contribution in [-0.2, 0) is 0 Å². The predicted molar refractivity (Wildman–Crippen MR) is 103 cm³/mol. The highest BCUT2D eigenvalue weighted by molar-refractivity contribution is 7.21. The Bertz CT molecular complexity index is 895. The van der Waals surface area contributed by atoms with Crippen molar-refractivity contribution < 1.29 is 4.74 Å². The normalized spacial score (nSPS) is 12.3. The number of allylic oxidation sites excluding steroid dienone is 1. The third-order valence-corrected chi connectivity index (χ3v) is 4.15. The molecule has 0 atom stereocenters. The van der Waals surface area contributed by atoms with Gasteiger partial charge in [-0.15, -0.1) is 10.2 Å². The highest BCUT2D eigenvalue weighted by Gasteiger charge is 2.02. The van der Waals surface area contributed by atoms with Crippen molar-refractivity contribution in [1.82, 2.24) is 4.98 Å². The molecule has 7 heteroatoms. The number of ether oxygens (including phenoxy) is 1. The maximum Gasteiger partial charge on any atom is 0.231 e. The van der Waals surface area contributed by atoms with Gasteiger partial charge >= 0.3 is 0 Å². The number of amidine groups is 1. The standard InChI is InChI=1S/C18H17N5OS/c1-3-6-17(21-20-13-9-11-14(24-2)12-10-13)22-23-18-19-15-7-4-5-8-16(15)25-18/h3-12,20H,1-2H3/b6-3+,21-17?,23-22?. The smallest absolute Gasteiger partial charge is 0.231 e. The van der Waals surface area contributed by atoms with E-state index in [1.54, 1.807) is 13.2 Å². The zero-order chi connectivity index (χ0) is 17.5. The molecular weight excluding hydrogens is 334 g/mol. The number of hydrogen-bond acceptors (Lipinski definition) is 6. The van der Waals surface area contributed by atoms with Crippen LogP contribution in [0.3, 0.4) is 0 Å². The molecule has 0 radical (unpaired) electrons. The number of nitrogens with zero attached hydrogens (tertiary/aromatic N) is 4. The lowest BCUT2D eigenvalue weighted by Crippen LogP contribution is -1.95. The third-order valence-electron chi connectivity index (χ3n) is 3.23. The number of rotatable bonds is 5. The summed E-state index contributed by atoms with van der Waals surface area (Å²) in [5.41, 5.74) is 4.70. The van der Waals surface area contributed by atoms with Gasteiger partial charge in [-0.3, -0.25) is 5.43 Å². The summed E-state index contributed by atoms with van der Waals surface area (Å²) in [6.45, 7) is 1.90. The predicted octanol–water partition coefficient (Wildman–Crippen LogP) is 5.39. The largest absolute Gasteiger partial charge is 0.497 e. The lowest BCUT2D eigenvalue weighted by atomic mass is 10.3. The Morgan fingerprint density at radius 2 is 1.96 bits per heavy atom. The third kappa shape index (κ3) is 4.48. The van der Waals surface area contributed by atoms with Crippen molar-refractivity contribution in [1.29, 1.82) is 0 Å². The quantitative estimate of drug-likeness (QED) is 0.290. The summed E-state index contributed by atoms with van der Waals surface area (Å²) < 4.78 is 6.21. The molecule has 0 amide bonds. The number of anilines is 1. The van der Waals surface area contributed by atoms with Crippen molar-refractivity contribution in [3.63, 3.8) is 0 Å². The van der Waals surface area contributed by atoms with E-state index < -0.39 is 0 Å². The highest BCUT2D eigenvalue weighted by Crippen LogP contribution is 2.27. The molecule has 3 rings (SSSR count). The van der Waals surface area contributed by atoms with E-state index in [0.29, 0.717) is 11.0 Å². The van der Waals surface area contributed by atoms with Crippen molar-refractivity contribution >= 4 is 38.2 Å². The second kappa shape index (κ2) is 8.16. The van der Waals surface area contributed by atoms with Crippen molar-refractivity contribution in [3.05, 3.63) is 60.7 Å². The Kier molecular flexibility index (Phi) is 5.48. The fourth-order valence-corrected chi connectivity index (χ4v) is 2.81. The zero-order valence-corrected chi connectivity index (χ0v) is 14.7. The molecule has 0 saturated heterocycles. The summed E-state index contributed by atoms with van der Waals surface area (Å²) in [5, 5.41) is 13.2. The molecule has 1 N–H and O–H groups in total. The maximum absolute atomic E-state index is 5.13. The Morgan fingerprint density at radius 1 is 1.16 bits per heavy atom. The lowest BCUT2D eigenvalue weighted by Gasteiger charge is -2.02. The van der Waals surface area contributed by atoms with Gasteiger partial charge in [0.1, 0.15) is 5.75 Å². The van der Waals surface area contributed by atoms with Gasteiger partial charge in [0.15, 0.2) is 5.84 Å². The van der Waals surface area contributed by atoms with E-state index >= 15 is 0 Å². The van der Waals surface area contributed by atoms with Crippen LogP contribution < -0.4 is 10.2 Å². The number of azo groups is 1. The van der Waals surface area contributed by atoms with E-state index in [-0.39, 0.29) is 0 Å². The van der Waals surface area contributed by atoms with Crippen molar-refractivity contribution in [3.8, 4) is 5.75 Å². The van der Waals surface area contributed by atoms with Crippen LogP contribution in [0.4, 0.5) is 10.8 Å².